The first-order valence-corrected chi connectivity index (χ1v) is 6.33. The average molecular weight is 286 g/mol. The van der Waals surface area contributed by atoms with Crippen LogP contribution >= 0.6 is 0 Å². The number of aliphatic hydroxyl groups excluding tert-OH is 1. The van der Waals surface area contributed by atoms with Gasteiger partial charge in [-0.1, -0.05) is 42.5 Å². The zero-order chi connectivity index (χ0) is 15.2. The van der Waals surface area contributed by atoms with Crippen LogP contribution in [-0.4, -0.2) is 22.5 Å². The SMILES string of the molecule is O=C(N[C@H](CO)c1ccccc1)c1ccccc1[N+](=O)[O-]. The van der Waals surface area contributed by atoms with Crippen LogP contribution in [0.5, 0.6) is 0 Å². The van der Waals surface area contributed by atoms with E-state index in [9.17, 15) is 20.0 Å². The number of amides is 1. The summed E-state index contributed by atoms with van der Waals surface area (Å²) in [6.07, 6.45) is 0. The molecule has 0 saturated carbocycles. The molecule has 0 saturated heterocycles. The summed E-state index contributed by atoms with van der Waals surface area (Å²) >= 11 is 0. The summed E-state index contributed by atoms with van der Waals surface area (Å²) in [6, 6.07) is 14.0. The number of nitro benzene ring substituents is 1. The van der Waals surface area contributed by atoms with Gasteiger partial charge in [-0.15, -0.1) is 0 Å². The van der Waals surface area contributed by atoms with Crippen molar-refractivity contribution in [1.29, 1.82) is 0 Å². The molecule has 21 heavy (non-hydrogen) atoms. The van der Waals surface area contributed by atoms with Gasteiger partial charge in [0.1, 0.15) is 5.56 Å². The number of nitro groups is 1. The van der Waals surface area contributed by atoms with E-state index in [-0.39, 0.29) is 17.9 Å². The minimum atomic E-state index is -0.612. The van der Waals surface area contributed by atoms with Gasteiger partial charge in [0.05, 0.1) is 17.6 Å². The molecule has 0 aliphatic carbocycles. The number of benzene rings is 2. The second-order valence-corrected chi connectivity index (χ2v) is 4.39. The van der Waals surface area contributed by atoms with Gasteiger partial charge in [0, 0.05) is 6.07 Å². The van der Waals surface area contributed by atoms with Gasteiger partial charge in [-0.2, -0.15) is 0 Å². The normalized spacial score (nSPS) is 11.7. The molecule has 1 atom stereocenters. The third-order valence-electron chi connectivity index (χ3n) is 3.04. The molecule has 2 N–H and O–H groups in total. The summed E-state index contributed by atoms with van der Waals surface area (Å²) in [5.41, 5.74) is 0.434. The van der Waals surface area contributed by atoms with Crippen molar-refractivity contribution in [1.82, 2.24) is 5.32 Å². The van der Waals surface area contributed by atoms with Crippen LogP contribution in [-0.2, 0) is 0 Å². The molecule has 2 aromatic carbocycles. The topological polar surface area (TPSA) is 92.5 Å². The largest absolute Gasteiger partial charge is 0.394 e. The molecular weight excluding hydrogens is 272 g/mol. The highest BCUT2D eigenvalue weighted by molar-refractivity contribution is 5.98. The minimum Gasteiger partial charge on any atom is -0.394 e. The third kappa shape index (κ3) is 3.43. The summed E-state index contributed by atoms with van der Waals surface area (Å²) in [7, 11) is 0. The van der Waals surface area contributed by atoms with E-state index in [2.05, 4.69) is 5.32 Å². The maximum atomic E-state index is 12.2. The summed E-state index contributed by atoms with van der Waals surface area (Å²) in [6.45, 7) is -0.295. The van der Waals surface area contributed by atoms with E-state index in [0.29, 0.717) is 0 Å². The molecule has 0 aliphatic rings. The predicted octanol–water partition coefficient (Wildman–Crippen LogP) is 2.06. The van der Waals surface area contributed by atoms with E-state index in [1.54, 1.807) is 30.3 Å². The van der Waals surface area contributed by atoms with E-state index in [1.165, 1.54) is 18.2 Å². The van der Waals surface area contributed by atoms with Crippen molar-refractivity contribution < 1.29 is 14.8 Å². The minimum absolute atomic E-state index is 0.0307. The lowest BCUT2D eigenvalue weighted by Gasteiger charge is -2.16. The van der Waals surface area contributed by atoms with Crippen LogP contribution in [0.25, 0.3) is 0 Å². The van der Waals surface area contributed by atoms with Crippen LogP contribution in [0.3, 0.4) is 0 Å². The van der Waals surface area contributed by atoms with E-state index in [1.807, 2.05) is 6.07 Å². The molecule has 0 aromatic heterocycles. The Labute approximate surface area is 121 Å². The highest BCUT2D eigenvalue weighted by Crippen LogP contribution is 2.19. The smallest absolute Gasteiger partial charge is 0.282 e. The van der Waals surface area contributed by atoms with E-state index < -0.39 is 16.9 Å². The molecule has 0 bridgehead atoms. The van der Waals surface area contributed by atoms with Crippen LogP contribution in [0.2, 0.25) is 0 Å². The zero-order valence-corrected chi connectivity index (χ0v) is 11.1. The maximum absolute atomic E-state index is 12.2. The van der Waals surface area contributed by atoms with Crippen molar-refractivity contribution >= 4 is 11.6 Å². The van der Waals surface area contributed by atoms with Crippen molar-refractivity contribution in [3.63, 3.8) is 0 Å². The van der Waals surface area contributed by atoms with Gasteiger partial charge >= 0.3 is 0 Å². The number of carbonyl (C=O) groups excluding carboxylic acids is 1. The standard InChI is InChI=1S/C15H14N2O4/c18-10-13(11-6-2-1-3-7-11)16-15(19)12-8-4-5-9-14(12)17(20)21/h1-9,13,18H,10H2,(H,16,19)/t13-/m1/s1. The molecule has 0 aliphatic heterocycles. The van der Waals surface area contributed by atoms with Crippen LogP contribution < -0.4 is 5.32 Å². The van der Waals surface area contributed by atoms with Gasteiger partial charge in [-0.25, -0.2) is 0 Å². The molecule has 0 radical (unpaired) electrons. The lowest BCUT2D eigenvalue weighted by atomic mass is 10.1. The molecule has 0 fully saturated rings. The number of para-hydroxylation sites is 1. The van der Waals surface area contributed by atoms with Crippen LogP contribution in [0.1, 0.15) is 22.0 Å². The lowest BCUT2D eigenvalue weighted by Crippen LogP contribution is -2.31. The van der Waals surface area contributed by atoms with E-state index in [0.717, 1.165) is 5.56 Å². The monoisotopic (exact) mass is 286 g/mol. The molecule has 0 unspecified atom stereocenters. The first kappa shape index (κ1) is 14.7. The number of hydrogen-bond donors (Lipinski definition) is 2. The zero-order valence-electron chi connectivity index (χ0n) is 11.1. The van der Waals surface area contributed by atoms with E-state index >= 15 is 0 Å². The third-order valence-corrected chi connectivity index (χ3v) is 3.04. The van der Waals surface area contributed by atoms with Crippen molar-refractivity contribution in [2.45, 2.75) is 6.04 Å². The molecule has 6 nitrogen and oxygen atoms in total. The highest BCUT2D eigenvalue weighted by atomic mass is 16.6. The fraction of sp³-hybridized carbons (Fsp3) is 0.133. The second-order valence-electron chi connectivity index (χ2n) is 4.39. The van der Waals surface area contributed by atoms with Gasteiger partial charge in [0.2, 0.25) is 0 Å². The second kappa shape index (κ2) is 6.62. The van der Waals surface area contributed by atoms with Gasteiger partial charge < -0.3 is 10.4 Å². The Hall–Kier alpha value is -2.73. The van der Waals surface area contributed by atoms with Crippen LogP contribution in [0.4, 0.5) is 5.69 Å². The van der Waals surface area contributed by atoms with Crippen molar-refractivity contribution in [2.24, 2.45) is 0 Å². The molecule has 108 valence electrons. The summed E-state index contributed by atoms with van der Waals surface area (Å²) in [5.74, 6) is -0.592. The molecule has 0 heterocycles. The molecular formula is C15H14N2O4. The Kier molecular flexibility index (Phi) is 4.63. The fourth-order valence-corrected chi connectivity index (χ4v) is 1.98. The number of nitrogens with zero attached hydrogens (tertiary/aromatic N) is 1. The Balaban J connectivity index is 2.23. The summed E-state index contributed by atoms with van der Waals surface area (Å²) in [4.78, 5) is 22.5. The van der Waals surface area contributed by atoms with Crippen LogP contribution in [0, 0.1) is 10.1 Å². The van der Waals surface area contributed by atoms with E-state index in [4.69, 9.17) is 0 Å². The van der Waals surface area contributed by atoms with Gasteiger partial charge in [-0.3, -0.25) is 14.9 Å². The van der Waals surface area contributed by atoms with Crippen molar-refractivity contribution in [2.75, 3.05) is 6.61 Å². The highest BCUT2D eigenvalue weighted by Gasteiger charge is 2.22. The fourth-order valence-electron chi connectivity index (χ4n) is 1.98. The molecule has 1 amide bonds. The van der Waals surface area contributed by atoms with Crippen LogP contribution in [0.15, 0.2) is 54.6 Å². The quantitative estimate of drug-likeness (QED) is 0.650. The summed E-state index contributed by atoms with van der Waals surface area (Å²) in [5, 5.41) is 22.9. The molecule has 2 aromatic rings. The number of rotatable bonds is 5. The Morgan fingerprint density at radius 3 is 2.38 bits per heavy atom. The van der Waals surface area contributed by atoms with Gasteiger partial charge in [-0.05, 0) is 11.6 Å². The number of nitrogens with one attached hydrogen (secondary N) is 1. The average Bonchev–Trinajstić information content (AvgIpc) is 2.53. The number of aliphatic hydroxyl groups is 1. The van der Waals surface area contributed by atoms with Crippen molar-refractivity contribution in [3.05, 3.63) is 75.8 Å². The summed E-state index contributed by atoms with van der Waals surface area (Å²) < 4.78 is 0. The van der Waals surface area contributed by atoms with Crippen molar-refractivity contribution in [3.8, 4) is 0 Å². The van der Waals surface area contributed by atoms with Gasteiger partial charge in [0.15, 0.2) is 0 Å². The lowest BCUT2D eigenvalue weighted by molar-refractivity contribution is -0.385. The predicted molar refractivity (Wildman–Crippen MR) is 76.8 cm³/mol. The number of hydrogen-bond acceptors (Lipinski definition) is 4. The maximum Gasteiger partial charge on any atom is 0.282 e. The molecule has 6 heteroatoms. The Morgan fingerprint density at radius 2 is 1.76 bits per heavy atom. The molecule has 2 rings (SSSR count). The number of carbonyl (C=O) groups is 1. The Morgan fingerprint density at radius 1 is 1.14 bits per heavy atom. The molecule has 0 spiro atoms. The first-order chi connectivity index (χ1) is 10.1. The Bertz CT molecular complexity index is 643. The first-order valence-electron chi connectivity index (χ1n) is 6.33. The van der Waals surface area contributed by atoms with Gasteiger partial charge in [0.25, 0.3) is 11.6 Å².